The SMILES string of the molecule is CCCCCCCC/C=C\CCCCCCCCNC(=O)c1ccc(C(=O)O)c(NS(=O)(=O)c2ccc([N+](=O)[O-])cc2)c1. The zero-order valence-electron chi connectivity index (χ0n) is 25.1. The molecule has 2 aromatic rings. The van der Waals surface area contributed by atoms with Crippen molar-refractivity contribution in [3.63, 3.8) is 0 Å². The van der Waals surface area contributed by atoms with Crippen LogP contribution in [-0.2, 0) is 10.0 Å². The fraction of sp³-hybridized carbons (Fsp3) is 0.500. The van der Waals surface area contributed by atoms with Crippen LogP contribution in [-0.4, -0.2) is 36.9 Å². The molecule has 0 aliphatic rings. The number of carboxylic acids is 1. The minimum Gasteiger partial charge on any atom is -0.478 e. The van der Waals surface area contributed by atoms with E-state index in [4.69, 9.17) is 0 Å². The minimum atomic E-state index is -4.27. The number of hydrogen-bond acceptors (Lipinski definition) is 6. The number of amides is 1. The summed E-state index contributed by atoms with van der Waals surface area (Å²) in [4.78, 5) is 34.2. The van der Waals surface area contributed by atoms with Gasteiger partial charge in [-0.25, -0.2) is 13.2 Å². The molecule has 0 heterocycles. The Hall–Kier alpha value is -3.73. The van der Waals surface area contributed by atoms with Crippen LogP contribution in [0, 0.1) is 10.1 Å². The molecule has 1 amide bonds. The lowest BCUT2D eigenvalue weighted by molar-refractivity contribution is -0.384. The maximum absolute atomic E-state index is 12.8. The molecule has 236 valence electrons. The van der Waals surface area contributed by atoms with E-state index in [0.717, 1.165) is 62.4 Å². The topological polar surface area (TPSA) is 156 Å². The molecule has 0 aliphatic heterocycles. The van der Waals surface area contributed by atoms with Gasteiger partial charge in [-0.2, -0.15) is 0 Å². The van der Waals surface area contributed by atoms with Crippen molar-refractivity contribution in [2.45, 2.75) is 102 Å². The van der Waals surface area contributed by atoms with Gasteiger partial charge in [-0.15, -0.1) is 0 Å². The standard InChI is InChI=1S/C32H45N3O7S/c1-2-3-4-5-6-7-8-9-10-11-12-13-14-15-16-17-24-33-31(36)26-18-23-29(32(37)38)30(25-26)34-43(41,42)28-21-19-27(20-22-28)35(39)40/h9-10,18-23,25,34H,2-8,11-17,24H2,1H3,(H,33,36)(H,37,38)/b10-9-. The van der Waals surface area contributed by atoms with Gasteiger partial charge in [0.25, 0.3) is 21.6 Å². The lowest BCUT2D eigenvalue weighted by Crippen LogP contribution is -2.25. The first-order valence-electron chi connectivity index (χ1n) is 15.2. The van der Waals surface area contributed by atoms with Crippen LogP contribution in [0.3, 0.4) is 0 Å². The number of nitro groups is 1. The summed E-state index contributed by atoms with van der Waals surface area (Å²) in [6.07, 6.45) is 21.3. The molecule has 0 bridgehead atoms. The van der Waals surface area contributed by atoms with Gasteiger partial charge < -0.3 is 10.4 Å². The van der Waals surface area contributed by atoms with Crippen LogP contribution < -0.4 is 10.0 Å². The number of benzene rings is 2. The zero-order chi connectivity index (χ0) is 31.5. The van der Waals surface area contributed by atoms with Crippen LogP contribution in [0.5, 0.6) is 0 Å². The normalized spacial score (nSPS) is 11.5. The number of sulfonamides is 1. The quantitative estimate of drug-likeness (QED) is 0.0527. The molecule has 0 unspecified atom stereocenters. The summed E-state index contributed by atoms with van der Waals surface area (Å²) in [6.45, 7) is 2.69. The predicted molar refractivity (Wildman–Crippen MR) is 169 cm³/mol. The number of carbonyl (C=O) groups is 2. The van der Waals surface area contributed by atoms with Crippen LogP contribution in [0.1, 0.15) is 118 Å². The number of anilines is 1. The van der Waals surface area contributed by atoms with Crippen molar-refractivity contribution in [2.75, 3.05) is 11.3 Å². The Balaban J connectivity index is 1.72. The minimum absolute atomic E-state index is 0.107. The van der Waals surface area contributed by atoms with Crippen molar-refractivity contribution in [3.05, 3.63) is 75.9 Å². The van der Waals surface area contributed by atoms with E-state index < -0.39 is 26.8 Å². The first kappa shape index (κ1) is 35.5. The number of non-ortho nitro benzene ring substituents is 1. The van der Waals surface area contributed by atoms with Crippen LogP contribution in [0.2, 0.25) is 0 Å². The molecule has 0 aliphatic carbocycles. The third-order valence-electron chi connectivity index (χ3n) is 7.09. The Labute approximate surface area is 255 Å². The second-order valence-corrected chi connectivity index (χ2v) is 12.3. The van der Waals surface area contributed by atoms with Crippen molar-refractivity contribution in [1.82, 2.24) is 5.32 Å². The molecule has 0 fully saturated rings. The predicted octanol–water partition coefficient (Wildman–Crippen LogP) is 7.86. The number of carbonyl (C=O) groups excluding carboxylic acids is 1. The van der Waals surface area contributed by atoms with Gasteiger partial charge in [0.15, 0.2) is 0 Å². The average Bonchev–Trinajstić information content (AvgIpc) is 2.98. The number of aromatic carboxylic acids is 1. The summed E-state index contributed by atoms with van der Waals surface area (Å²) in [5, 5.41) is 23.2. The van der Waals surface area contributed by atoms with Crippen LogP contribution in [0.25, 0.3) is 0 Å². The van der Waals surface area contributed by atoms with E-state index in [0.29, 0.717) is 6.54 Å². The van der Waals surface area contributed by atoms with Gasteiger partial charge >= 0.3 is 5.97 Å². The molecule has 0 saturated carbocycles. The maximum Gasteiger partial charge on any atom is 0.337 e. The molecule has 0 radical (unpaired) electrons. The number of allylic oxidation sites excluding steroid dienone is 2. The first-order chi connectivity index (χ1) is 20.7. The fourth-order valence-corrected chi connectivity index (χ4v) is 5.65. The van der Waals surface area contributed by atoms with E-state index in [1.165, 1.54) is 69.9 Å². The molecule has 11 heteroatoms. The van der Waals surface area contributed by atoms with Gasteiger partial charge in [-0.3, -0.25) is 19.6 Å². The van der Waals surface area contributed by atoms with Crippen molar-refractivity contribution < 1.29 is 28.0 Å². The number of nitro benzene ring substituents is 1. The summed E-state index contributed by atoms with van der Waals surface area (Å²) in [5.41, 5.74) is -0.798. The average molecular weight is 616 g/mol. The number of hydrogen-bond donors (Lipinski definition) is 3. The van der Waals surface area contributed by atoms with E-state index in [2.05, 4.69) is 29.1 Å². The fourth-order valence-electron chi connectivity index (χ4n) is 4.58. The highest BCUT2D eigenvalue weighted by atomic mass is 32.2. The highest BCUT2D eigenvalue weighted by molar-refractivity contribution is 7.92. The highest BCUT2D eigenvalue weighted by Crippen LogP contribution is 2.24. The molecular formula is C32H45N3O7S. The molecule has 0 saturated heterocycles. The van der Waals surface area contributed by atoms with Crippen molar-refractivity contribution in [1.29, 1.82) is 0 Å². The second-order valence-electron chi connectivity index (χ2n) is 10.6. The Morgan fingerprint density at radius 2 is 1.40 bits per heavy atom. The van der Waals surface area contributed by atoms with E-state index in [-0.39, 0.29) is 27.4 Å². The summed E-state index contributed by atoms with van der Waals surface area (Å²) >= 11 is 0. The summed E-state index contributed by atoms with van der Waals surface area (Å²) < 4.78 is 27.8. The van der Waals surface area contributed by atoms with Crippen molar-refractivity contribution in [3.8, 4) is 0 Å². The Morgan fingerprint density at radius 1 is 0.837 bits per heavy atom. The highest BCUT2D eigenvalue weighted by Gasteiger charge is 2.21. The Kier molecular flexibility index (Phi) is 16.0. The van der Waals surface area contributed by atoms with Gasteiger partial charge in [0.1, 0.15) is 0 Å². The van der Waals surface area contributed by atoms with E-state index >= 15 is 0 Å². The van der Waals surface area contributed by atoms with Crippen molar-refractivity contribution >= 4 is 33.3 Å². The lowest BCUT2D eigenvalue weighted by atomic mass is 10.1. The zero-order valence-corrected chi connectivity index (χ0v) is 25.9. The smallest absolute Gasteiger partial charge is 0.337 e. The molecular weight excluding hydrogens is 570 g/mol. The summed E-state index contributed by atoms with van der Waals surface area (Å²) in [6, 6.07) is 7.82. The lowest BCUT2D eigenvalue weighted by Gasteiger charge is -2.13. The van der Waals surface area contributed by atoms with Gasteiger partial charge in [0, 0.05) is 24.2 Å². The first-order valence-corrected chi connectivity index (χ1v) is 16.7. The molecule has 3 N–H and O–H groups in total. The maximum atomic E-state index is 12.8. The van der Waals surface area contributed by atoms with Crippen LogP contribution in [0.15, 0.2) is 59.5 Å². The largest absolute Gasteiger partial charge is 0.478 e. The molecule has 0 aromatic heterocycles. The molecule has 0 spiro atoms. The van der Waals surface area contributed by atoms with Crippen LogP contribution >= 0.6 is 0 Å². The monoisotopic (exact) mass is 615 g/mol. The number of nitrogens with zero attached hydrogens (tertiary/aromatic N) is 1. The Bertz CT molecular complexity index is 1310. The summed E-state index contributed by atoms with van der Waals surface area (Å²) in [5.74, 6) is -1.82. The van der Waals surface area contributed by atoms with E-state index in [1.54, 1.807) is 0 Å². The van der Waals surface area contributed by atoms with E-state index in [9.17, 15) is 33.2 Å². The Morgan fingerprint density at radius 3 is 1.95 bits per heavy atom. The second kappa shape index (κ2) is 19.5. The van der Waals surface area contributed by atoms with Crippen LogP contribution in [0.4, 0.5) is 11.4 Å². The van der Waals surface area contributed by atoms with Gasteiger partial charge in [0.2, 0.25) is 0 Å². The number of rotatable bonds is 22. The number of unbranched alkanes of at least 4 members (excludes halogenated alkanes) is 12. The molecule has 2 rings (SSSR count). The third-order valence-corrected chi connectivity index (χ3v) is 8.47. The molecule has 10 nitrogen and oxygen atoms in total. The third kappa shape index (κ3) is 13.4. The van der Waals surface area contributed by atoms with E-state index in [1.807, 2.05) is 0 Å². The van der Waals surface area contributed by atoms with Gasteiger partial charge in [0.05, 0.1) is 21.1 Å². The van der Waals surface area contributed by atoms with Crippen molar-refractivity contribution in [2.24, 2.45) is 0 Å². The number of carboxylic acid groups (broad SMARTS) is 1. The summed E-state index contributed by atoms with van der Waals surface area (Å²) in [7, 11) is -4.27. The molecule has 2 aromatic carbocycles. The van der Waals surface area contributed by atoms with Gasteiger partial charge in [-0.1, -0.05) is 76.9 Å². The number of nitrogens with one attached hydrogen (secondary N) is 2. The van der Waals surface area contributed by atoms with Gasteiger partial charge in [-0.05, 0) is 62.4 Å². The molecule has 43 heavy (non-hydrogen) atoms. The molecule has 0 atom stereocenters.